The zero-order chi connectivity index (χ0) is 18.8. The van der Waals surface area contributed by atoms with E-state index in [-0.39, 0.29) is 17.0 Å². The van der Waals surface area contributed by atoms with Crippen molar-refractivity contribution in [2.75, 3.05) is 6.54 Å². The van der Waals surface area contributed by atoms with E-state index in [1.165, 1.54) is 0 Å². The molecule has 0 aromatic heterocycles. The van der Waals surface area contributed by atoms with Crippen molar-refractivity contribution in [3.8, 4) is 0 Å². The summed E-state index contributed by atoms with van der Waals surface area (Å²) in [6.07, 6.45) is 0.651. The molecule has 0 aliphatic rings. The minimum Gasteiger partial charge on any atom is -0.478 e. The normalized spacial score (nSPS) is 10.2. The Bertz CT molecular complexity index is 576. The highest BCUT2D eigenvalue weighted by atomic mass is 16.5. The summed E-state index contributed by atoms with van der Waals surface area (Å²) < 4.78 is 4.95. The maximum absolute atomic E-state index is 11.0. The maximum atomic E-state index is 11.0. The molecule has 1 rings (SSSR count). The summed E-state index contributed by atoms with van der Waals surface area (Å²) in [6.45, 7) is 13.1. The minimum atomic E-state index is -0.941. The van der Waals surface area contributed by atoms with Crippen molar-refractivity contribution in [2.24, 2.45) is 11.1 Å². The van der Waals surface area contributed by atoms with Crippen molar-refractivity contribution in [1.29, 1.82) is 0 Å². The molecule has 0 heterocycles. The zero-order valence-electron chi connectivity index (χ0n) is 14.7. The van der Waals surface area contributed by atoms with Crippen LogP contribution in [0.3, 0.4) is 0 Å². The standard InChI is InChI=1S/C11H12O2.C8H15NO2/c1-9(2)11(12)13-8-10-6-4-3-5-7-10;1-6(7(10)11)8(2,3)4-5-9/h3-7H,1,8H2,2H3;1,4-5,9H2,2-3H3,(H,10,11). The third-order valence-corrected chi connectivity index (χ3v) is 3.41. The second-order valence-electron chi connectivity index (χ2n) is 6.05. The number of nitrogens with two attached hydrogens (primary N) is 1. The van der Waals surface area contributed by atoms with Crippen LogP contribution in [-0.2, 0) is 20.9 Å². The molecular weight excluding hydrogens is 306 g/mol. The van der Waals surface area contributed by atoms with Crippen molar-refractivity contribution < 1.29 is 19.4 Å². The summed E-state index contributed by atoms with van der Waals surface area (Å²) in [6, 6.07) is 9.55. The van der Waals surface area contributed by atoms with Crippen molar-refractivity contribution in [1.82, 2.24) is 0 Å². The van der Waals surface area contributed by atoms with Crippen LogP contribution in [0.15, 0.2) is 54.6 Å². The number of hydrogen-bond acceptors (Lipinski definition) is 4. The molecule has 1 aromatic carbocycles. The Balaban J connectivity index is 0.000000449. The Hall–Kier alpha value is -2.40. The lowest BCUT2D eigenvalue weighted by molar-refractivity contribution is -0.140. The van der Waals surface area contributed by atoms with Gasteiger partial charge in [0, 0.05) is 11.1 Å². The van der Waals surface area contributed by atoms with E-state index in [4.69, 9.17) is 15.6 Å². The Morgan fingerprint density at radius 3 is 2.17 bits per heavy atom. The Morgan fingerprint density at radius 2 is 1.75 bits per heavy atom. The van der Waals surface area contributed by atoms with Crippen molar-refractivity contribution in [2.45, 2.75) is 33.8 Å². The molecule has 24 heavy (non-hydrogen) atoms. The number of carbonyl (C=O) groups is 2. The van der Waals surface area contributed by atoms with Crippen LogP contribution < -0.4 is 5.73 Å². The summed E-state index contributed by atoms with van der Waals surface area (Å²) in [4.78, 5) is 21.5. The number of hydrogen-bond donors (Lipinski definition) is 2. The van der Waals surface area contributed by atoms with Gasteiger partial charge in [-0.05, 0) is 30.9 Å². The summed E-state index contributed by atoms with van der Waals surface area (Å²) in [5.74, 6) is -1.28. The van der Waals surface area contributed by atoms with Gasteiger partial charge in [-0.2, -0.15) is 0 Å². The van der Waals surface area contributed by atoms with Crippen molar-refractivity contribution in [3.05, 3.63) is 60.2 Å². The number of ether oxygens (including phenoxy) is 1. The molecule has 5 nitrogen and oxygen atoms in total. The summed E-state index contributed by atoms with van der Waals surface area (Å²) >= 11 is 0. The van der Waals surface area contributed by atoms with Gasteiger partial charge in [0.2, 0.25) is 0 Å². The van der Waals surface area contributed by atoms with E-state index in [1.807, 2.05) is 44.2 Å². The summed E-state index contributed by atoms with van der Waals surface area (Å²) in [7, 11) is 0. The number of benzene rings is 1. The summed E-state index contributed by atoms with van der Waals surface area (Å²) in [5.41, 5.74) is 6.57. The fourth-order valence-corrected chi connectivity index (χ4v) is 1.65. The predicted octanol–water partition coefficient (Wildman–Crippen LogP) is 3.31. The SMILES string of the molecule is C=C(C(=O)O)C(C)(C)CCN.C=C(C)C(=O)OCc1ccccc1. The Labute approximate surface area is 143 Å². The molecule has 132 valence electrons. The second-order valence-corrected chi connectivity index (χ2v) is 6.05. The van der Waals surface area contributed by atoms with Crippen LogP contribution in [0.2, 0.25) is 0 Å². The highest BCUT2D eigenvalue weighted by molar-refractivity contribution is 5.87. The van der Waals surface area contributed by atoms with E-state index in [0.717, 1.165) is 5.56 Å². The van der Waals surface area contributed by atoms with Crippen LogP contribution in [-0.4, -0.2) is 23.6 Å². The van der Waals surface area contributed by atoms with Gasteiger partial charge in [0.1, 0.15) is 6.61 Å². The third kappa shape index (κ3) is 8.29. The lowest BCUT2D eigenvalue weighted by atomic mass is 9.82. The highest BCUT2D eigenvalue weighted by Gasteiger charge is 2.25. The molecule has 0 saturated carbocycles. The van der Waals surface area contributed by atoms with Crippen LogP contribution >= 0.6 is 0 Å². The van der Waals surface area contributed by atoms with Gasteiger partial charge in [0.15, 0.2) is 0 Å². The number of esters is 1. The van der Waals surface area contributed by atoms with Crippen LogP contribution in [0.25, 0.3) is 0 Å². The minimum absolute atomic E-state index is 0.225. The second kappa shape index (κ2) is 10.4. The van der Waals surface area contributed by atoms with E-state index < -0.39 is 5.97 Å². The molecule has 0 fully saturated rings. The largest absolute Gasteiger partial charge is 0.478 e. The van der Waals surface area contributed by atoms with E-state index in [9.17, 15) is 9.59 Å². The van der Waals surface area contributed by atoms with Gasteiger partial charge < -0.3 is 15.6 Å². The molecule has 0 aliphatic heterocycles. The Kier molecular flexibility index (Phi) is 9.35. The van der Waals surface area contributed by atoms with Gasteiger partial charge in [-0.25, -0.2) is 9.59 Å². The molecule has 0 saturated heterocycles. The fourth-order valence-electron chi connectivity index (χ4n) is 1.65. The van der Waals surface area contributed by atoms with Gasteiger partial charge in [0.25, 0.3) is 0 Å². The van der Waals surface area contributed by atoms with Crippen LogP contribution in [0.1, 0.15) is 32.8 Å². The molecule has 0 atom stereocenters. The van der Waals surface area contributed by atoms with Crippen LogP contribution in [0, 0.1) is 5.41 Å². The van der Waals surface area contributed by atoms with E-state index >= 15 is 0 Å². The number of carboxylic acid groups (broad SMARTS) is 1. The number of carbonyl (C=O) groups excluding carboxylic acids is 1. The van der Waals surface area contributed by atoms with Crippen molar-refractivity contribution in [3.63, 3.8) is 0 Å². The molecule has 1 aromatic rings. The number of carboxylic acids is 1. The molecule has 0 radical (unpaired) electrons. The average molecular weight is 333 g/mol. The number of aliphatic carboxylic acids is 1. The lowest BCUT2D eigenvalue weighted by Gasteiger charge is -2.23. The molecule has 0 unspecified atom stereocenters. The van der Waals surface area contributed by atoms with E-state index in [1.54, 1.807) is 6.92 Å². The molecule has 0 bridgehead atoms. The first-order valence-corrected chi connectivity index (χ1v) is 7.61. The molecule has 0 aliphatic carbocycles. The molecular formula is C19H27NO4. The van der Waals surface area contributed by atoms with Gasteiger partial charge in [0.05, 0.1) is 0 Å². The van der Waals surface area contributed by atoms with Gasteiger partial charge in [-0.15, -0.1) is 0 Å². The lowest BCUT2D eigenvalue weighted by Crippen LogP contribution is -2.23. The molecule has 3 N–H and O–H groups in total. The molecule has 0 spiro atoms. The van der Waals surface area contributed by atoms with Crippen LogP contribution in [0.5, 0.6) is 0 Å². The molecule has 0 amide bonds. The van der Waals surface area contributed by atoms with Crippen molar-refractivity contribution >= 4 is 11.9 Å². The fraction of sp³-hybridized carbons (Fsp3) is 0.368. The van der Waals surface area contributed by atoms with Gasteiger partial charge >= 0.3 is 11.9 Å². The molecule has 5 heteroatoms. The smallest absolute Gasteiger partial charge is 0.333 e. The topological polar surface area (TPSA) is 89.6 Å². The number of rotatable bonds is 7. The first-order valence-electron chi connectivity index (χ1n) is 7.61. The van der Waals surface area contributed by atoms with Gasteiger partial charge in [-0.3, -0.25) is 0 Å². The zero-order valence-corrected chi connectivity index (χ0v) is 14.7. The quantitative estimate of drug-likeness (QED) is 0.590. The van der Waals surface area contributed by atoms with E-state index in [0.29, 0.717) is 25.1 Å². The third-order valence-electron chi connectivity index (χ3n) is 3.41. The highest BCUT2D eigenvalue weighted by Crippen LogP contribution is 2.28. The summed E-state index contributed by atoms with van der Waals surface area (Å²) in [5, 5.41) is 8.60. The van der Waals surface area contributed by atoms with Crippen LogP contribution in [0.4, 0.5) is 0 Å². The predicted molar refractivity (Wildman–Crippen MR) is 95.3 cm³/mol. The van der Waals surface area contributed by atoms with E-state index in [2.05, 4.69) is 13.2 Å². The average Bonchev–Trinajstić information content (AvgIpc) is 2.53. The van der Waals surface area contributed by atoms with Gasteiger partial charge in [-0.1, -0.05) is 57.3 Å². The maximum Gasteiger partial charge on any atom is 0.333 e. The first-order chi connectivity index (χ1) is 11.1. The monoisotopic (exact) mass is 333 g/mol. The Morgan fingerprint density at radius 1 is 1.21 bits per heavy atom. The first kappa shape index (κ1) is 21.6.